The Balaban J connectivity index is 1.35. The molecule has 2 amide bonds. The average molecular weight is 398 g/mol. The maximum atomic E-state index is 12.3. The number of nitrogens with one attached hydrogen (secondary N) is 1. The summed E-state index contributed by atoms with van der Waals surface area (Å²) in [5.41, 5.74) is 1.86. The molecule has 1 atom stereocenters. The summed E-state index contributed by atoms with van der Waals surface area (Å²) in [5, 5.41) is 11.7. The second-order valence-electron chi connectivity index (χ2n) is 7.24. The fourth-order valence-electron chi connectivity index (χ4n) is 3.47. The zero-order valence-electron chi connectivity index (χ0n) is 15.9. The van der Waals surface area contributed by atoms with Crippen LogP contribution in [0.2, 0.25) is 0 Å². The Kier molecular flexibility index (Phi) is 5.57. The van der Waals surface area contributed by atoms with Gasteiger partial charge in [-0.1, -0.05) is 35.9 Å². The molecular formula is C20H23N5O2S. The molecule has 4 rings (SSSR count). The second kappa shape index (κ2) is 8.26. The van der Waals surface area contributed by atoms with E-state index in [1.54, 1.807) is 0 Å². The molecule has 1 aromatic carbocycles. The standard InChI is InChI=1S/C20H23N5O2S/c1-13-6-8-14(9-7-13)21-18(26)11-15-20(27)22-19(28-15)12-17-24-23-16-5-3-2-4-10-25(16)17/h6-9,15H,2-5,10-12H2,1H3,(H,21,26)/t15-/m1/s1. The Bertz CT molecular complexity index is 919. The topological polar surface area (TPSA) is 89.2 Å². The first kappa shape index (κ1) is 18.9. The summed E-state index contributed by atoms with van der Waals surface area (Å²) >= 11 is 1.37. The third kappa shape index (κ3) is 4.32. The van der Waals surface area contributed by atoms with Crippen LogP contribution in [0.5, 0.6) is 0 Å². The van der Waals surface area contributed by atoms with Crippen molar-refractivity contribution in [2.45, 2.75) is 57.2 Å². The van der Waals surface area contributed by atoms with Gasteiger partial charge >= 0.3 is 0 Å². The number of anilines is 1. The number of carbonyl (C=O) groups excluding carboxylic acids is 2. The molecule has 0 radical (unpaired) electrons. The van der Waals surface area contributed by atoms with Crippen LogP contribution in [-0.2, 0) is 29.0 Å². The van der Waals surface area contributed by atoms with Gasteiger partial charge in [0, 0.05) is 25.1 Å². The van der Waals surface area contributed by atoms with Gasteiger partial charge in [-0.15, -0.1) is 10.2 Å². The lowest BCUT2D eigenvalue weighted by Gasteiger charge is -2.09. The highest BCUT2D eigenvalue weighted by atomic mass is 32.2. The van der Waals surface area contributed by atoms with Gasteiger partial charge < -0.3 is 9.88 Å². The number of benzene rings is 1. The van der Waals surface area contributed by atoms with Crippen LogP contribution in [0.25, 0.3) is 0 Å². The van der Waals surface area contributed by atoms with Crippen molar-refractivity contribution in [3.63, 3.8) is 0 Å². The van der Waals surface area contributed by atoms with Gasteiger partial charge in [0.25, 0.3) is 5.91 Å². The molecule has 146 valence electrons. The first-order valence-corrected chi connectivity index (χ1v) is 10.5. The Hall–Kier alpha value is -2.48. The molecule has 0 spiro atoms. The molecule has 0 bridgehead atoms. The molecule has 2 aromatic rings. The molecule has 8 heteroatoms. The highest BCUT2D eigenvalue weighted by molar-refractivity contribution is 8.15. The minimum Gasteiger partial charge on any atom is -0.326 e. The van der Waals surface area contributed by atoms with E-state index in [1.165, 1.54) is 18.2 Å². The normalized spacial score (nSPS) is 19.1. The van der Waals surface area contributed by atoms with Gasteiger partial charge in [-0.25, -0.2) is 4.99 Å². The lowest BCUT2D eigenvalue weighted by Crippen LogP contribution is -2.21. The summed E-state index contributed by atoms with van der Waals surface area (Å²) in [5.74, 6) is 1.47. The molecule has 2 aliphatic heterocycles. The monoisotopic (exact) mass is 397 g/mol. The van der Waals surface area contributed by atoms with Crippen molar-refractivity contribution in [2.75, 3.05) is 5.32 Å². The summed E-state index contributed by atoms with van der Waals surface area (Å²) in [7, 11) is 0. The van der Waals surface area contributed by atoms with Crippen molar-refractivity contribution in [3.05, 3.63) is 41.5 Å². The van der Waals surface area contributed by atoms with Gasteiger partial charge in [-0.2, -0.15) is 0 Å². The molecule has 1 aromatic heterocycles. The lowest BCUT2D eigenvalue weighted by molar-refractivity contribution is -0.121. The van der Waals surface area contributed by atoms with Crippen LogP contribution in [-0.4, -0.2) is 36.9 Å². The van der Waals surface area contributed by atoms with Crippen LogP contribution in [0.1, 0.15) is 42.9 Å². The molecular weight excluding hydrogens is 374 g/mol. The van der Waals surface area contributed by atoms with E-state index in [0.717, 1.165) is 53.8 Å². The number of aliphatic imine (C=N–C) groups is 1. The average Bonchev–Trinajstić information content (AvgIpc) is 3.10. The second-order valence-corrected chi connectivity index (χ2v) is 8.52. The SMILES string of the molecule is Cc1ccc(NC(=O)C[C@H]2SC(Cc3nnc4n3CCCCC4)=NC2=O)cc1. The highest BCUT2D eigenvalue weighted by Gasteiger charge is 2.31. The van der Waals surface area contributed by atoms with Crippen molar-refractivity contribution in [1.82, 2.24) is 14.8 Å². The Morgan fingerprint density at radius 2 is 2.04 bits per heavy atom. The summed E-state index contributed by atoms with van der Waals surface area (Å²) in [4.78, 5) is 28.7. The number of nitrogens with zero attached hydrogens (tertiary/aromatic N) is 4. The van der Waals surface area contributed by atoms with E-state index in [0.29, 0.717) is 6.42 Å². The lowest BCUT2D eigenvalue weighted by atomic mass is 10.2. The van der Waals surface area contributed by atoms with Crippen molar-refractivity contribution in [1.29, 1.82) is 0 Å². The smallest absolute Gasteiger partial charge is 0.260 e. The first-order chi connectivity index (χ1) is 13.6. The van der Waals surface area contributed by atoms with Crippen LogP contribution in [0.15, 0.2) is 29.3 Å². The minimum atomic E-state index is -0.466. The molecule has 0 saturated carbocycles. The Morgan fingerprint density at radius 3 is 2.86 bits per heavy atom. The van der Waals surface area contributed by atoms with Crippen molar-refractivity contribution in [3.8, 4) is 0 Å². The Labute approximate surface area is 168 Å². The number of carbonyl (C=O) groups is 2. The largest absolute Gasteiger partial charge is 0.326 e. The van der Waals surface area contributed by atoms with Crippen LogP contribution >= 0.6 is 11.8 Å². The van der Waals surface area contributed by atoms with Crippen molar-refractivity contribution < 1.29 is 9.59 Å². The molecule has 1 N–H and O–H groups in total. The van der Waals surface area contributed by atoms with Gasteiger partial charge in [0.1, 0.15) is 16.9 Å². The predicted octanol–water partition coefficient (Wildman–Crippen LogP) is 2.92. The first-order valence-electron chi connectivity index (χ1n) is 9.64. The quantitative estimate of drug-likeness (QED) is 0.838. The van der Waals surface area contributed by atoms with E-state index in [4.69, 9.17) is 0 Å². The summed E-state index contributed by atoms with van der Waals surface area (Å²) in [6.07, 6.45) is 5.03. The van der Waals surface area contributed by atoms with E-state index < -0.39 is 5.25 Å². The summed E-state index contributed by atoms with van der Waals surface area (Å²) in [6.45, 7) is 2.92. The Morgan fingerprint density at radius 1 is 1.21 bits per heavy atom. The fourth-order valence-corrected chi connectivity index (χ4v) is 4.55. The zero-order chi connectivity index (χ0) is 19.5. The number of amides is 2. The van der Waals surface area contributed by atoms with Crippen LogP contribution in [0.3, 0.4) is 0 Å². The summed E-state index contributed by atoms with van der Waals surface area (Å²) < 4.78 is 2.16. The predicted molar refractivity (Wildman–Crippen MR) is 110 cm³/mol. The number of aryl methyl sites for hydroxylation is 2. The molecule has 28 heavy (non-hydrogen) atoms. The number of hydrogen-bond acceptors (Lipinski definition) is 5. The van der Waals surface area contributed by atoms with E-state index in [9.17, 15) is 9.59 Å². The number of aromatic nitrogens is 3. The zero-order valence-corrected chi connectivity index (χ0v) is 16.7. The molecule has 7 nitrogen and oxygen atoms in total. The van der Waals surface area contributed by atoms with Gasteiger partial charge in [0.05, 0.1) is 11.5 Å². The fraction of sp³-hybridized carbons (Fsp3) is 0.450. The van der Waals surface area contributed by atoms with E-state index in [2.05, 4.69) is 25.1 Å². The minimum absolute atomic E-state index is 0.113. The van der Waals surface area contributed by atoms with E-state index >= 15 is 0 Å². The van der Waals surface area contributed by atoms with Crippen molar-refractivity contribution >= 4 is 34.3 Å². The van der Waals surface area contributed by atoms with Crippen LogP contribution in [0.4, 0.5) is 5.69 Å². The van der Waals surface area contributed by atoms with E-state index in [1.807, 2.05) is 31.2 Å². The van der Waals surface area contributed by atoms with Gasteiger partial charge in [0.2, 0.25) is 5.91 Å². The highest BCUT2D eigenvalue weighted by Crippen LogP contribution is 2.28. The van der Waals surface area contributed by atoms with Gasteiger partial charge in [0.15, 0.2) is 0 Å². The third-order valence-electron chi connectivity index (χ3n) is 4.99. The maximum Gasteiger partial charge on any atom is 0.260 e. The number of hydrogen-bond donors (Lipinski definition) is 1. The molecule has 3 heterocycles. The van der Waals surface area contributed by atoms with Crippen molar-refractivity contribution in [2.24, 2.45) is 4.99 Å². The van der Waals surface area contributed by atoms with Gasteiger partial charge in [-0.05, 0) is 31.9 Å². The number of fused-ring (bicyclic) bond motifs is 1. The van der Waals surface area contributed by atoms with Crippen LogP contribution in [0, 0.1) is 6.92 Å². The van der Waals surface area contributed by atoms with Gasteiger partial charge in [-0.3, -0.25) is 9.59 Å². The molecule has 0 fully saturated rings. The maximum absolute atomic E-state index is 12.3. The third-order valence-corrected chi connectivity index (χ3v) is 6.15. The molecule has 2 aliphatic rings. The molecule has 0 saturated heterocycles. The molecule has 0 unspecified atom stereocenters. The number of thioether (sulfide) groups is 1. The van der Waals surface area contributed by atoms with E-state index in [-0.39, 0.29) is 18.2 Å². The van der Waals surface area contributed by atoms with Crippen LogP contribution < -0.4 is 5.32 Å². The number of rotatable bonds is 5. The summed E-state index contributed by atoms with van der Waals surface area (Å²) in [6, 6.07) is 7.59. The molecule has 0 aliphatic carbocycles.